The molecule has 0 atom stereocenters. The average molecular weight is 357 g/mol. The molecule has 1 aliphatic rings. The van der Waals surface area contributed by atoms with Crippen LogP contribution >= 0.6 is 11.6 Å². The molecule has 0 aromatic heterocycles. The number of hydrogen-bond acceptors (Lipinski definition) is 2. The summed E-state index contributed by atoms with van der Waals surface area (Å²) in [4.78, 5) is 25.1. The summed E-state index contributed by atoms with van der Waals surface area (Å²) in [5.74, 6) is -0.449. The molecule has 130 valence electrons. The molecule has 0 unspecified atom stereocenters. The lowest BCUT2D eigenvalue weighted by molar-refractivity contribution is -0.134. The summed E-state index contributed by atoms with van der Waals surface area (Å²) in [6.45, 7) is 2.47. The van der Waals surface area contributed by atoms with Crippen molar-refractivity contribution in [3.05, 3.63) is 64.7 Å². The Morgan fingerprint density at radius 2 is 1.56 bits per heavy atom. The van der Waals surface area contributed by atoms with E-state index in [1.165, 1.54) is 5.56 Å². The molecule has 1 aliphatic carbocycles. The standard InChI is InChI=1S/C20H21ClN2O2/c1-2-14-5-9-17(10-6-14)23-19(25)20(11-12-20)18(24)22-13-15-3-7-16(21)8-4-15/h3-10H,2,11-13H2,1H3,(H,22,24)(H,23,25). The fourth-order valence-corrected chi connectivity index (χ4v) is 2.84. The Hall–Kier alpha value is -2.33. The molecule has 0 saturated heterocycles. The van der Waals surface area contributed by atoms with Crippen LogP contribution in [-0.2, 0) is 22.6 Å². The third-order valence-corrected chi connectivity index (χ3v) is 4.86. The number of carbonyl (C=O) groups excluding carboxylic acids is 2. The smallest absolute Gasteiger partial charge is 0.240 e. The van der Waals surface area contributed by atoms with E-state index in [4.69, 9.17) is 11.6 Å². The van der Waals surface area contributed by atoms with E-state index < -0.39 is 5.41 Å². The maximum atomic E-state index is 12.6. The van der Waals surface area contributed by atoms with Crippen LogP contribution in [0.15, 0.2) is 48.5 Å². The first-order valence-corrected chi connectivity index (χ1v) is 8.84. The monoisotopic (exact) mass is 356 g/mol. The average Bonchev–Trinajstić information content (AvgIpc) is 3.44. The van der Waals surface area contributed by atoms with Crippen molar-refractivity contribution in [3.8, 4) is 0 Å². The summed E-state index contributed by atoms with van der Waals surface area (Å²) >= 11 is 5.85. The Bertz CT molecular complexity index is 765. The Balaban J connectivity index is 1.59. The summed E-state index contributed by atoms with van der Waals surface area (Å²) in [5.41, 5.74) is 1.94. The maximum absolute atomic E-state index is 12.6. The van der Waals surface area contributed by atoms with Crippen LogP contribution in [0, 0.1) is 5.41 Å². The SMILES string of the molecule is CCc1ccc(NC(=O)C2(C(=O)NCc3ccc(Cl)cc3)CC2)cc1. The van der Waals surface area contributed by atoms with Gasteiger partial charge in [-0.1, -0.05) is 42.8 Å². The Labute approximate surface area is 152 Å². The molecule has 5 heteroatoms. The zero-order chi connectivity index (χ0) is 17.9. The largest absolute Gasteiger partial charge is 0.351 e. The third kappa shape index (κ3) is 4.02. The lowest BCUT2D eigenvalue weighted by Gasteiger charge is -2.15. The van der Waals surface area contributed by atoms with Crippen LogP contribution in [0.5, 0.6) is 0 Å². The van der Waals surface area contributed by atoms with Crippen molar-refractivity contribution >= 4 is 29.1 Å². The normalized spacial score (nSPS) is 14.6. The molecule has 0 spiro atoms. The highest BCUT2D eigenvalue weighted by Gasteiger charge is 2.56. The molecule has 4 nitrogen and oxygen atoms in total. The van der Waals surface area contributed by atoms with E-state index in [1.54, 1.807) is 12.1 Å². The molecule has 0 aliphatic heterocycles. The van der Waals surface area contributed by atoms with Crippen LogP contribution in [0.4, 0.5) is 5.69 Å². The van der Waals surface area contributed by atoms with Gasteiger partial charge in [-0.25, -0.2) is 0 Å². The van der Waals surface area contributed by atoms with Crippen LogP contribution in [0.1, 0.15) is 30.9 Å². The second-order valence-corrected chi connectivity index (χ2v) is 6.83. The van der Waals surface area contributed by atoms with Gasteiger partial charge in [-0.15, -0.1) is 0 Å². The number of nitrogens with one attached hydrogen (secondary N) is 2. The van der Waals surface area contributed by atoms with Crippen LogP contribution in [-0.4, -0.2) is 11.8 Å². The molecular formula is C20H21ClN2O2. The van der Waals surface area contributed by atoms with Gasteiger partial charge in [0.2, 0.25) is 11.8 Å². The first-order valence-electron chi connectivity index (χ1n) is 8.46. The molecule has 2 N–H and O–H groups in total. The molecular weight excluding hydrogens is 336 g/mol. The number of anilines is 1. The lowest BCUT2D eigenvalue weighted by atomic mass is 10.0. The van der Waals surface area contributed by atoms with Gasteiger partial charge >= 0.3 is 0 Å². The summed E-state index contributed by atoms with van der Waals surface area (Å²) in [5, 5.41) is 6.38. The van der Waals surface area contributed by atoms with E-state index >= 15 is 0 Å². The van der Waals surface area contributed by atoms with E-state index in [1.807, 2.05) is 36.4 Å². The summed E-state index contributed by atoms with van der Waals surface area (Å²) in [7, 11) is 0. The predicted octanol–water partition coefficient (Wildman–Crippen LogP) is 3.94. The van der Waals surface area contributed by atoms with E-state index in [9.17, 15) is 9.59 Å². The highest BCUT2D eigenvalue weighted by molar-refractivity contribution is 6.30. The summed E-state index contributed by atoms with van der Waals surface area (Å²) in [6.07, 6.45) is 2.11. The minimum Gasteiger partial charge on any atom is -0.351 e. The van der Waals surface area contributed by atoms with Gasteiger partial charge in [0, 0.05) is 17.3 Å². The molecule has 0 radical (unpaired) electrons. The first-order chi connectivity index (χ1) is 12.0. The van der Waals surface area contributed by atoms with Crippen LogP contribution < -0.4 is 10.6 Å². The van der Waals surface area contributed by atoms with Crippen molar-refractivity contribution < 1.29 is 9.59 Å². The fraction of sp³-hybridized carbons (Fsp3) is 0.300. The van der Waals surface area contributed by atoms with Crippen molar-refractivity contribution in [1.82, 2.24) is 5.32 Å². The first kappa shape index (κ1) is 17.5. The van der Waals surface area contributed by atoms with Crippen LogP contribution in [0.3, 0.4) is 0 Å². The van der Waals surface area contributed by atoms with Crippen molar-refractivity contribution in [3.63, 3.8) is 0 Å². The number of aryl methyl sites for hydroxylation is 1. The minimum absolute atomic E-state index is 0.217. The van der Waals surface area contributed by atoms with E-state index in [0.717, 1.165) is 17.7 Å². The summed E-state index contributed by atoms with van der Waals surface area (Å²) in [6, 6.07) is 15.0. The number of halogens is 1. The van der Waals surface area contributed by atoms with E-state index in [2.05, 4.69) is 17.6 Å². The van der Waals surface area contributed by atoms with Crippen LogP contribution in [0.25, 0.3) is 0 Å². The quantitative estimate of drug-likeness (QED) is 0.770. The molecule has 2 amide bonds. The number of hydrogen-bond donors (Lipinski definition) is 2. The van der Waals surface area contributed by atoms with Gasteiger partial charge in [-0.05, 0) is 54.7 Å². The number of rotatable bonds is 6. The second-order valence-electron chi connectivity index (χ2n) is 6.40. The molecule has 3 rings (SSSR count). The molecule has 1 saturated carbocycles. The lowest BCUT2D eigenvalue weighted by Crippen LogP contribution is -2.39. The fourth-order valence-electron chi connectivity index (χ4n) is 2.71. The Morgan fingerprint density at radius 3 is 2.12 bits per heavy atom. The molecule has 25 heavy (non-hydrogen) atoms. The third-order valence-electron chi connectivity index (χ3n) is 4.61. The van der Waals surface area contributed by atoms with Gasteiger partial charge in [0.25, 0.3) is 0 Å². The highest BCUT2D eigenvalue weighted by atomic mass is 35.5. The van der Waals surface area contributed by atoms with Crippen molar-refractivity contribution in [2.75, 3.05) is 5.32 Å². The van der Waals surface area contributed by atoms with Crippen molar-refractivity contribution in [1.29, 1.82) is 0 Å². The minimum atomic E-state index is -0.935. The molecule has 0 bridgehead atoms. The predicted molar refractivity (Wildman–Crippen MR) is 99.4 cm³/mol. The number of amides is 2. The molecule has 2 aromatic carbocycles. The second kappa shape index (κ2) is 7.28. The molecule has 2 aromatic rings. The van der Waals surface area contributed by atoms with Gasteiger partial charge in [0.1, 0.15) is 5.41 Å². The summed E-state index contributed by atoms with van der Waals surface area (Å²) < 4.78 is 0. The van der Waals surface area contributed by atoms with Gasteiger partial charge in [0.05, 0.1) is 0 Å². The maximum Gasteiger partial charge on any atom is 0.240 e. The zero-order valence-corrected chi connectivity index (χ0v) is 14.9. The topological polar surface area (TPSA) is 58.2 Å². The Kier molecular flexibility index (Phi) is 5.09. The van der Waals surface area contributed by atoms with Gasteiger partial charge in [-0.2, -0.15) is 0 Å². The van der Waals surface area contributed by atoms with Crippen molar-refractivity contribution in [2.45, 2.75) is 32.7 Å². The number of carbonyl (C=O) groups is 2. The van der Waals surface area contributed by atoms with Crippen molar-refractivity contribution in [2.24, 2.45) is 5.41 Å². The Morgan fingerprint density at radius 1 is 0.960 bits per heavy atom. The molecule has 0 heterocycles. The van der Waals surface area contributed by atoms with Gasteiger partial charge < -0.3 is 10.6 Å². The van der Waals surface area contributed by atoms with E-state index in [0.29, 0.717) is 24.4 Å². The molecule has 1 fully saturated rings. The van der Waals surface area contributed by atoms with E-state index in [-0.39, 0.29) is 11.8 Å². The zero-order valence-electron chi connectivity index (χ0n) is 14.1. The van der Waals surface area contributed by atoms with Crippen LogP contribution in [0.2, 0.25) is 5.02 Å². The highest BCUT2D eigenvalue weighted by Crippen LogP contribution is 2.46. The number of benzene rings is 2. The van der Waals surface area contributed by atoms with Gasteiger partial charge in [0.15, 0.2) is 0 Å². The van der Waals surface area contributed by atoms with Gasteiger partial charge in [-0.3, -0.25) is 9.59 Å².